The molecule has 0 amide bonds. The Hall–Kier alpha value is -1.13. The summed E-state index contributed by atoms with van der Waals surface area (Å²) in [6.45, 7) is 1.95. The van der Waals surface area contributed by atoms with E-state index in [0.717, 1.165) is 30.4 Å². The van der Waals surface area contributed by atoms with Gasteiger partial charge in [-0.1, -0.05) is 31.0 Å². The molecular formula is C12H20N4OS. The number of carbonyl (C=O) groups excluding carboxylic acids is 1. The van der Waals surface area contributed by atoms with Gasteiger partial charge in [-0.3, -0.25) is 0 Å². The average Bonchev–Trinajstić information content (AvgIpc) is 2.42. The fraction of sp³-hybridized carbons (Fsp3) is 0.750. The molecule has 0 bridgehead atoms. The van der Waals surface area contributed by atoms with Crippen LogP contribution in [0.25, 0.3) is 0 Å². The van der Waals surface area contributed by atoms with Crippen LogP contribution in [0.5, 0.6) is 0 Å². The lowest BCUT2D eigenvalue weighted by molar-refractivity contribution is 0.280. The Balaban J connectivity index is 0.000000492. The Kier molecular flexibility index (Phi) is 7.37. The molecule has 1 fully saturated rings. The Morgan fingerprint density at radius 3 is 2.67 bits per heavy atom. The van der Waals surface area contributed by atoms with Crippen molar-refractivity contribution in [2.45, 2.75) is 32.1 Å². The number of rotatable bonds is 2. The normalized spacial score (nSPS) is 19.6. The molecule has 6 heteroatoms. The first-order valence-corrected chi connectivity index (χ1v) is 7.43. The minimum Gasteiger partial charge on any atom is -0.343 e. The first-order chi connectivity index (χ1) is 8.80. The van der Waals surface area contributed by atoms with E-state index in [1.54, 1.807) is 11.8 Å². The second-order valence-corrected chi connectivity index (χ2v) is 5.18. The average molecular weight is 268 g/mol. The standard InChI is InChI=1S/C11H19N3S.CHNO/c1-15-11-12-8-14(9-13-11)7-10-5-3-2-4-6-10;2-1-3/h8,10H,2-7,9H2,1H3;2H. The molecule has 0 unspecified atom stereocenters. The molecule has 0 aromatic rings. The molecule has 2 rings (SSSR count). The van der Waals surface area contributed by atoms with Gasteiger partial charge in [0.1, 0.15) is 6.67 Å². The van der Waals surface area contributed by atoms with Gasteiger partial charge in [-0.15, -0.1) is 0 Å². The lowest BCUT2D eigenvalue weighted by atomic mass is 9.89. The van der Waals surface area contributed by atoms with E-state index in [9.17, 15) is 0 Å². The number of nitrogens with zero attached hydrogens (tertiary/aromatic N) is 3. The molecule has 1 heterocycles. The van der Waals surface area contributed by atoms with Gasteiger partial charge in [-0.05, 0) is 25.0 Å². The molecule has 1 aliphatic carbocycles. The number of amidine groups is 1. The lowest BCUT2D eigenvalue weighted by Gasteiger charge is -2.28. The summed E-state index contributed by atoms with van der Waals surface area (Å²) in [5, 5.41) is 6.31. The molecule has 18 heavy (non-hydrogen) atoms. The van der Waals surface area contributed by atoms with Crippen LogP contribution in [0, 0.1) is 11.3 Å². The molecule has 0 spiro atoms. The second kappa shape index (κ2) is 8.89. The third-order valence-electron chi connectivity index (χ3n) is 3.12. The van der Waals surface area contributed by atoms with Gasteiger partial charge in [0.2, 0.25) is 6.08 Å². The van der Waals surface area contributed by atoms with Crippen LogP contribution in [-0.2, 0) is 4.79 Å². The molecule has 1 aliphatic heterocycles. The Morgan fingerprint density at radius 2 is 2.17 bits per heavy atom. The maximum Gasteiger partial charge on any atom is 0.231 e. The molecule has 0 atom stereocenters. The molecular weight excluding hydrogens is 248 g/mol. The van der Waals surface area contributed by atoms with E-state index >= 15 is 0 Å². The summed E-state index contributed by atoms with van der Waals surface area (Å²) in [7, 11) is 0. The van der Waals surface area contributed by atoms with Gasteiger partial charge in [-0.2, -0.15) is 0 Å². The van der Waals surface area contributed by atoms with Crippen molar-refractivity contribution in [1.29, 1.82) is 5.41 Å². The van der Waals surface area contributed by atoms with Crippen molar-refractivity contribution in [2.75, 3.05) is 19.5 Å². The third-order valence-corrected chi connectivity index (χ3v) is 3.72. The van der Waals surface area contributed by atoms with Crippen molar-refractivity contribution < 1.29 is 4.79 Å². The monoisotopic (exact) mass is 268 g/mol. The van der Waals surface area contributed by atoms with Crippen LogP contribution in [0.3, 0.4) is 0 Å². The summed E-state index contributed by atoms with van der Waals surface area (Å²) >= 11 is 1.62. The number of hydrogen-bond donors (Lipinski definition) is 1. The van der Waals surface area contributed by atoms with E-state index in [0.29, 0.717) is 0 Å². The SMILES string of the molecule is CSC1=NCN(CC2CCCCC2)C=N1.N=C=O. The van der Waals surface area contributed by atoms with E-state index in [1.165, 1.54) is 32.1 Å². The van der Waals surface area contributed by atoms with Crippen molar-refractivity contribution in [3.8, 4) is 0 Å². The van der Waals surface area contributed by atoms with E-state index in [2.05, 4.69) is 14.9 Å². The van der Waals surface area contributed by atoms with Gasteiger partial charge in [0, 0.05) is 6.54 Å². The molecule has 0 radical (unpaired) electrons. The zero-order valence-corrected chi connectivity index (χ0v) is 11.6. The van der Waals surface area contributed by atoms with Gasteiger partial charge in [0.25, 0.3) is 0 Å². The number of isocyanates is 1. The molecule has 1 N–H and O–H groups in total. The van der Waals surface area contributed by atoms with Gasteiger partial charge in [-0.25, -0.2) is 20.2 Å². The van der Waals surface area contributed by atoms with Crippen LogP contribution in [0.4, 0.5) is 0 Å². The van der Waals surface area contributed by atoms with Crippen LogP contribution >= 0.6 is 11.8 Å². The number of aliphatic imine (C=N–C) groups is 2. The molecule has 1 saturated carbocycles. The summed E-state index contributed by atoms with van der Waals surface area (Å²) in [5.41, 5.74) is 0. The van der Waals surface area contributed by atoms with Gasteiger partial charge >= 0.3 is 0 Å². The van der Waals surface area contributed by atoms with Crippen LogP contribution < -0.4 is 0 Å². The number of nitrogens with one attached hydrogen (secondary N) is 1. The highest BCUT2D eigenvalue weighted by Crippen LogP contribution is 2.24. The Morgan fingerprint density at radius 1 is 1.50 bits per heavy atom. The van der Waals surface area contributed by atoms with Gasteiger partial charge in [0.15, 0.2) is 5.17 Å². The fourth-order valence-corrected chi connectivity index (χ4v) is 2.62. The maximum atomic E-state index is 8.35. The predicted octanol–water partition coefficient (Wildman–Crippen LogP) is 2.49. The van der Waals surface area contributed by atoms with Crippen LogP contribution in [-0.4, -0.2) is 42.0 Å². The van der Waals surface area contributed by atoms with Crippen molar-refractivity contribution >= 4 is 29.3 Å². The Bertz CT molecular complexity index is 331. The fourth-order valence-electron chi connectivity index (χ4n) is 2.28. The quantitative estimate of drug-likeness (QED) is 0.618. The zero-order valence-electron chi connectivity index (χ0n) is 10.8. The highest BCUT2D eigenvalue weighted by molar-refractivity contribution is 8.13. The second-order valence-electron chi connectivity index (χ2n) is 4.41. The van der Waals surface area contributed by atoms with Crippen molar-refractivity contribution in [2.24, 2.45) is 15.9 Å². The third kappa shape index (κ3) is 5.47. The van der Waals surface area contributed by atoms with Crippen molar-refractivity contribution in [1.82, 2.24) is 4.90 Å². The smallest absolute Gasteiger partial charge is 0.231 e. The zero-order chi connectivity index (χ0) is 13.2. The van der Waals surface area contributed by atoms with Crippen LogP contribution in [0.1, 0.15) is 32.1 Å². The van der Waals surface area contributed by atoms with E-state index in [1.807, 2.05) is 12.6 Å². The molecule has 0 saturated heterocycles. The van der Waals surface area contributed by atoms with Crippen molar-refractivity contribution in [3.05, 3.63) is 0 Å². The summed E-state index contributed by atoms with van der Waals surface area (Å²) in [5.74, 6) is 0.872. The highest BCUT2D eigenvalue weighted by Gasteiger charge is 2.16. The Labute approximate surface area is 112 Å². The minimum atomic E-state index is 0.750. The minimum absolute atomic E-state index is 0.750. The lowest BCUT2D eigenvalue weighted by Crippen LogP contribution is -2.32. The van der Waals surface area contributed by atoms with E-state index < -0.39 is 0 Å². The maximum absolute atomic E-state index is 8.35. The molecule has 0 aromatic heterocycles. The summed E-state index contributed by atoms with van der Waals surface area (Å²) in [4.78, 5) is 19.3. The number of hydrogen-bond acceptors (Lipinski definition) is 6. The van der Waals surface area contributed by atoms with Gasteiger partial charge < -0.3 is 4.90 Å². The first kappa shape index (κ1) is 14.9. The molecule has 5 nitrogen and oxygen atoms in total. The van der Waals surface area contributed by atoms with Gasteiger partial charge in [0.05, 0.1) is 6.34 Å². The van der Waals surface area contributed by atoms with Crippen molar-refractivity contribution in [3.63, 3.8) is 0 Å². The summed E-state index contributed by atoms with van der Waals surface area (Å²) < 4.78 is 0. The molecule has 100 valence electrons. The molecule has 0 aromatic carbocycles. The van der Waals surface area contributed by atoms with Crippen LogP contribution in [0.15, 0.2) is 9.98 Å². The highest BCUT2D eigenvalue weighted by atomic mass is 32.2. The summed E-state index contributed by atoms with van der Waals surface area (Å²) in [6, 6.07) is 0. The van der Waals surface area contributed by atoms with Crippen LogP contribution in [0.2, 0.25) is 0 Å². The first-order valence-electron chi connectivity index (χ1n) is 6.20. The topological polar surface area (TPSA) is 68.9 Å². The largest absolute Gasteiger partial charge is 0.343 e. The number of thioether (sulfide) groups is 1. The molecule has 2 aliphatic rings. The van der Waals surface area contributed by atoms with E-state index in [4.69, 9.17) is 10.2 Å². The summed E-state index contributed by atoms with van der Waals surface area (Å²) in [6.07, 6.45) is 11.8. The van der Waals surface area contributed by atoms with E-state index in [-0.39, 0.29) is 0 Å². The predicted molar refractivity (Wildman–Crippen MR) is 76.0 cm³/mol.